The smallest absolute Gasteiger partial charge is 0.159 e. The summed E-state index contributed by atoms with van der Waals surface area (Å²) >= 11 is 0. The van der Waals surface area contributed by atoms with Crippen LogP contribution in [0.25, 0.3) is 5.41 Å². The number of carbonyl (C=O) groups excluding carboxylic acids is 2. The van der Waals surface area contributed by atoms with Crippen LogP contribution in [0.4, 0.5) is 0 Å². The van der Waals surface area contributed by atoms with Gasteiger partial charge in [-0.15, -0.1) is 0 Å². The molecule has 0 atom stereocenters. The minimum Gasteiger partial charge on any atom is -0.724 e. The van der Waals surface area contributed by atoms with Gasteiger partial charge in [-0.1, -0.05) is 30.3 Å². The first-order chi connectivity index (χ1) is 5.72. The zero-order valence-electron chi connectivity index (χ0n) is 6.65. The van der Waals surface area contributed by atoms with Crippen molar-refractivity contribution in [2.24, 2.45) is 0 Å². The van der Waals surface area contributed by atoms with Gasteiger partial charge in [0.1, 0.15) is 0 Å². The zero-order valence-corrected chi connectivity index (χ0v) is 6.65. The number of benzene rings is 1. The summed E-state index contributed by atoms with van der Waals surface area (Å²) in [6, 6.07) is 9.23. The second-order valence-electron chi connectivity index (χ2n) is 2.01. The second kappa shape index (κ2) is 6.01. The third kappa shape index (κ3) is 4.14. The van der Waals surface area contributed by atoms with Crippen molar-refractivity contribution in [1.82, 2.24) is 0 Å². The molecule has 0 aliphatic carbocycles. The fraction of sp³-hybridized carbons (Fsp3) is 0.111. The Kier molecular flexibility index (Phi) is 5.14. The van der Waals surface area contributed by atoms with Gasteiger partial charge in [0.25, 0.3) is 0 Å². The first kappa shape index (κ1) is 10.3. The summed E-state index contributed by atoms with van der Waals surface area (Å²) in [5.41, 5.74) is 0.775. The van der Waals surface area contributed by atoms with E-state index in [1.165, 1.54) is 0 Å². The van der Waals surface area contributed by atoms with Crippen LogP contribution in [0.15, 0.2) is 30.3 Å². The average Bonchev–Trinajstić information content (AvgIpc) is 2.07. The molecular weight excluding hydrogens is 154 g/mol. The molecule has 0 radical (unpaired) electrons. The highest BCUT2D eigenvalue weighted by Gasteiger charge is 1.92. The lowest BCUT2D eigenvalue weighted by molar-refractivity contribution is 0.101. The minimum absolute atomic E-state index is 0.121. The highest BCUT2D eigenvalue weighted by Crippen LogP contribution is 1.97. The highest BCUT2D eigenvalue weighted by atomic mass is 16.1. The van der Waals surface area contributed by atoms with E-state index in [-0.39, 0.29) is 5.78 Å². The number of rotatable bonds is 1. The number of ketones is 1. The Balaban J connectivity index is 0.000000354. The van der Waals surface area contributed by atoms with E-state index < -0.39 is 0 Å². The van der Waals surface area contributed by atoms with Crippen LogP contribution in [0.2, 0.25) is 0 Å². The Morgan fingerprint density at radius 2 is 1.75 bits per heavy atom. The molecular formula is C9H8NO2-. The predicted octanol–water partition coefficient (Wildman–Crippen LogP) is 1.78. The lowest BCUT2D eigenvalue weighted by atomic mass is 10.2. The molecule has 3 heteroatoms. The number of isocyanates is 1. The van der Waals surface area contributed by atoms with Crippen LogP contribution >= 0.6 is 0 Å². The Morgan fingerprint density at radius 1 is 1.33 bits per heavy atom. The molecule has 0 aliphatic rings. The Hall–Kier alpha value is -1.73. The maximum atomic E-state index is 10.6. The highest BCUT2D eigenvalue weighted by molar-refractivity contribution is 5.93. The first-order valence-electron chi connectivity index (χ1n) is 3.29. The van der Waals surface area contributed by atoms with Crippen molar-refractivity contribution in [1.29, 1.82) is 0 Å². The van der Waals surface area contributed by atoms with E-state index >= 15 is 0 Å². The molecule has 0 saturated carbocycles. The molecule has 0 bridgehead atoms. The van der Waals surface area contributed by atoms with Crippen LogP contribution in [0.3, 0.4) is 0 Å². The zero-order chi connectivity index (χ0) is 9.40. The quantitative estimate of drug-likeness (QED) is 0.359. The molecule has 0 heterocycles. The lowest BCUT2D eigenvalue weighted by Gasteiger charge is -1.89. The van der Waals surface area contributed by atoms with Crippen molar-refractivity contribution < 1.29 is 9.59 Å². The standard InChI is InChI=1S/C8H8O.CNO/c1-7(9)8-5-3-2-4-6-8;2-1-3/h2-6H,1H3;/q;-1. The fourth-order valence-electron chi connectivity index (χ4n) is 0.673. The molecule has 0 saturated heterocycles. The summed E-state index contributed by atoms with van der Waals surface area (Å²) < 4.78 is 0. The number of hydrogen-bond acceptors (Lipinski definition) is 2. The van der Waals surface area contributed by atoms with Crippen LogP contribution in [0, 0.1) is 0 Å². The molecule has 0 aromatic heterocycles. The Bertz CT molecular complexity index is 274. The molecule has 3 nitrogen and oxygen atoms in total. The van der Waals surface area contributed by atoms with Gasteiger partial charge in [0.2, 0.25) is 0 Å². The van der Waals surface area contributed by atoms with Crippen LogP contribution < -0.4 is 0 Å². The Morgan fingerprint density at radius 3 is 2.00 bits per heavy atom. The summed E-state index contributed by atoms with van der Waals surface area (Å²) in [5.74, 6) is 0.121. The van der Waals surface area contributed by atoms with Gasteiger partial charge in [-0.25, -0.2) is 0 Å². The molecule has 0 amide bonds. The third-order valence-corrected chi connectivity index (χ3v) is 1.18. The van der Waals surface area contributed by atoms with Crippen molar-refractivity contribution in [3.8, 4) is 0 Å². The first-order valence-corrected chi connectivity index (χ1v) is 3.29. The van der Waals surface area contributed by atoms with E-state index in [0.29, 0.717) is 6.08 Å². The van der Waals surface area contributed by atoms with Crippen LogP contribution in [-0.4, -0.2) is 11.9 Å². The van der Waals surface area contributed by atoms with Crippen molar-refractivity contribution in [2.75, 3.05) is 0 Å². The molecule has 62 valence electrons. The van der Waals surface area contributed by atoms with E-state index in [0.717, 1.165) is 5.56 Å². The van der Waals surface area contributed by atoms with Gasteiger partial charge < -0.3 is 5.41 Å². The van der Waals surface area contributed by atoms with Gasteiger partial charge >= 0.3 is 0 Å². The predicted molar refractivity (Wildman–Crippen MR) is 45.5 cm³/mol. The lowest BCUT2D eigenvalue weighted by Crippen LogP contribution is -1.88. The maximum Gasteiger partial charge on any atom is 0.159 e. The van der Waals surface area contributed by atoms with Crippen molar-refractivity contribution >= 4 is 11.9 Å². The monoisotopic (exact) mass is 162 g/mol. The van der Waals surface area contributed by atoms with Crippen molar-refractivity contribution in [3.63, 3.8) is 0 Å². The van der Waals surface area contributed by atoms with Gasteiger partial charge in [-0.2, -0.15) is 0 Å². The number of carbonyl (C=O) groups is 1. The number of nitrogens with zero attached hydrogens (tertiary/aromatic N) is 1. The van der Waals surface area contributed by atoms with Gasteiger partial charge in [0.05, 0.1) is 0 Å². The van der Waals surface area contributed by atoms with E-state index in [9.17, 15) is 4.79 Å². The van der Waals surface area contributed by atoms with Crippen LogP contribution in [0.5, 0.6) is 0 Å². The molecule has 0 unspecified atom stereocenters. The van der Waals surface area contributed by atoms with E-state index in [1.807, 2.05) is 30.3 Å². The largest absolute Gasteiger partial charge is 0.724 e. The Labute approximate surface area is 70.5 Å². The van der Waals surface area contributed by atoms with Crippen molar-refractivity contribution in [3.05, 3.63) is 41.3 Å². The van der Waals surface area contributed by atoms with Gasteiger partial charge in [-0.3, -0.25) is 9.59 Å². The summed E-state index contributed by atoms with van der Waals surface area (Å²) in [6.07, 6.45) is 0.500. The number of hydrogen-bond donors (Lipinski definition) is 0. The minimum atomic E-state index is 0.121. The molecule has 1 aromatic rings. The van der Waals surface area contributed by atoms with Gasteiger partial charge in [0, 0.05) is 5.56 Å². The molecule has 0 N–H and O–H groups in total. The number of Topliss-reactive ketones (excluding diaryl/α,β-unsaturated/α-hetero) is 1. The van der Waals surface area contributed by atoms with Crippen LogP contribution in [-0.2, 0) is 4.79 Å². The molecule has 0 spiro atoms. The summed E-state index contributed by atoms with van der Waals surface area (Å²) in [7, 11) is 0. The van der Waals surface area contributed by atoms with Gasteiger partial charge in [-0.05, 0) is 13.0 Å². The summed E-state index contributed by atoms with van der Waals surface area (Å²) in [6.45, 7) is 1.56. The SMILES string of the molecule is CC(=O)c1ccccc1.[N-]=C=O. The molecule has 12 heavy (non-hydrogen) atoms. The topological polar surface area (TPSA) is 56.4 Å². The van der Waals surface area contributed by atoms with Crippen LogP contribution in [0.1, 0.15) is 17.3 Å². The molecule has 0 aliphatic heterocycles. The average molecular weight is 162 g/mol. The van der Waals surface area contributed by atoms with E-state index in [4.69, 9.17) is 10.2 Å². The summed E-state index contributed by atoms with van der Waals surface area (Å²) in [5, 5.41) is 6.76. The molecule has 0 fully saturated rings. The molecule has 1 aromatic carbocycles. The fourth-order valence-corrected chi connectivity index (χ4v) is 0.673. The second-order valence-corrected chi connectivity index (χ2v) is 2.01. The van der Waals surface area contributed by atoms with Crippen molar-refractivity contribution in [2.45, 2.75) is 6.92 Å². The van der Waals surface area contributed by atoms with Gasteiger partial charge in [0.15, 0.2) is 5.78 Å². The van der Waals surface area contributed by atoms with E-state index in [1.54, 1.807) is 6.92 Å². The van der Waals surface area contributed by atoms with E-state index in [2.05, 4.69) is 0 Å². The third-order valence-electron chi connectivity index (χ3n) is 1.18. The normalized spacial score (nSPS) is 7.42. The maximum absolute atomic E-state index is 10.6. The summed E-state index contributed by atoms with van der Waals surface area (Å²) in [4.78, 5) is 18.9. The molecule has 1 rings (SSSR count).